The van der Waals surface area contributed by atoms with E-state index in [0.29, 0.717) is 12.8 Å². The van der Waals surface area contributed by atoms with Crippen molar-refractivity contribution >= 4 is 6.29 Å². The van der Waals surface area contributed by atoms with Crippen LogP contribution in [0.4, 0.5) is 0 Å². The summed E-state index contributed by atoms with van der Waals surface area (Å²) in [6.45, 7) is 6.01. The van der Waals surface area contributed by atoms with Crippen molar-refractivity contribution in [1.82, 2.24) is 0 Å². The molecule has 0 radical (unpaired) electrons. The molecule has 2 N–H and O–H groups in total. The van der Waals surface area contributed by atoms with Gasteiger partial charge in [0.15, 0.2) is 0 Å². The summed E-state index contributed by atoms with van der Waals surface area (Å²) in [5.74, 6) is 0. The SMILES string of the molecule is CC1=CC(C(C)(C)CC(O)CC=O)=CCC1O. The maximum absolute atomic E-state index is 10.4. The monoisotopic (exact) mass is 238 g/mol. The molecule has 0 aromatic carbocycles. The van der Waals surface area contributed by atoms with Gasteiger partial charge >= 0.3 is 0 Å². The topological polar surface area (TPSA) is 57.5 Å². The lowest BCUT2D eigenvalue weighted by atomic mass is 9.75. The van der Waals surface area contributed by atoms with Gasteiger partial charge in [-0.1, -0.05) is 26.0 Å². The summed E-state index contributed by atoms with van der Waals surface area (Å²) in [6.07, 6.45) is 5.15. The van der Waals surface area contributed by atoms with Crippen LogP contribution in [0.15, 0.2) is 23.3 Å². The maximum Gasteiger partial charge on any atom is 0.122 e. The second-order valence-corrected chi connectivity index (χ2v) is 5.44. The van der Waals surface area contributed by atoms with E-state index in [0.717, 1.165) is 17.4 Å². The molecule has 0 aromatic rings. The van der Waals surface area contributed by atoms with E-state index in [4.69, 9.17) is 0 Å². The van der Waals surface area contributed by atoms with E-state index in [1.54, 1.807) is 0 Å². The quantitative estimate of drug-likeness (QED) is 0.720. The lowest BCUT2D eigenvalue weighted by Gasteiger charge is -2.31. The highest BCUT2D eigenvalue weighted by atomic mass is 16.3. The molecule has 96 valence electrons. The van der Waals surface area contributed by atoms with Crippen LogP contribution >= 0.6 is 0 Å². The number of aldehydes is 1. The summed E-state index contributed by atoms with van der Waals surface area (Å²) < 4.78 is 0. The number of carbonyl (C=O) groups is 1. The number of carbonyl (C=O) groups excluding carboxylic acids is 1. The summed E-state index contributed by atoms with van der Waals surface area (Å²) in [6, 6.07) is 0. The van der Waals surface area contributed by atoms with Crippen LogP contribution in [0.5, 0.6) is 0 Å². The van der Waals surface area contributed by atoms with Crippen molar-refractivity contribution in [2.75, 3.05) is 0 Å². The van der Waals surface area contributed by atoms with Crippen molar-refractivity contribution in [3.05, 3.63) is 23.3 Å². The van der Waals surface area contributed by atoms with Gasteiger partial charge in [-0.2, -0.15) is 0 Å². The van der Waals surface area contributed by atoms with Gasteiger partial charge < -0.3 is 15.0 Å². The number of aliphatic hydroxyl groups excluding tert-OH is 2. The summed E-state index contributed by atoms with van der Waals surface area (Å²) in [5.41, 5.74) is 1.91. The normalized spacial score (nSPS) is 22.8. The Labute approximate surface area is 103 Å². The Morgan fingerprint density at radius 2 is 2.24 bits per heavy atom. The van der Waals surface area contributed by atoms with E-state index in [1.807, 2.05) is 32.9 Å². The van der Waals surface area contributed by atoms with Crippen LogP contribution in [0.25, 0.3) is 0 Å². The number of aliphatic hydroxyl groups is 2. The first kappa shape index (κ1) is 14.1. The van der Waals surface area contributed by atoms with Crippen molar-refractivity contribution in [2.45, 2.75) is 52.2 Å². The molecule has 0 aliphatic heterocycles. The Kier molecular flexibility index (Phi) is 4.66. The third-order valence-electron chi connectivity index (χ3n) is 3.37. The highest BCUT2D eigenvalue weighted by Gasteiger charge is 2.27. The minimum Gasteiger partial charge on any atom is -0.393 e. The van der Waals surface area contributed by atoms with Crippen LogP contribution in [0, 0.1) is 5.41 Å². The van der Waals surface area contributed by atoms with E-state index in [-0.39, 0.29) is 17.9 Å². The highest BCUT2D eigenvalue weighted by Crippen LogP contribution is 2.36. The van der Waals surface area contributed by atoms with Gasteiger partial charge in [-0.3, -0.25) is 0 Å². The van der Waals surface area contributed by atoms with Gasteiger partial charge in [-0.25, -0.2) is 0 Å². The average Bonchev–Trinajstić information content (AvgIpc) is 2.21. The van der Waals surface area contributed by atoms with Crippen molar-refractivity contribution in [1.29, 1.82) is 0 Å². The highest BCUT2D eigenvalue weighted by molar-refractivity contribution is 5.50. The molecular weight excluding hydrogens is 216 g/mol. The van der Waals surface area contributed by atoms with E-state index in [1.165, 1.54) is 0 Å². The molecule has 0 heterocycles. The minimum absolute atomic E-state index is 0.177. The Balaban J connectivity index is 2.74. The molecule has 3 nitrogen and oxygen atoms in total. The van der Waals surface area contributed by atoms with E-state index >= 15 is 0 Å². The first-order valence-electron chi connectivity index (χ1n) is 6.05. The molecule has 0 saturated carbocycles. The Bertz CT molecular complexity index is 339. The Morgan fingerprint density at radius 3 is 2.76 bits per heavy atom. The summed E-state index contributed by atoms with van der Waals surface area (Å²) >= 11 is 0. The number of rotatable bonds is 5. The lowest BCUT2D eigenvalue weighted by molar-refractivity contribution is -0.109. The molecule has 1 aliphatic rings. The second-order valence-electron chi connectivity index (χ2n) is 5.44. The van der Waals surface area contributed by atoms with Crippen LogP contribution in [0.1, 0.15) is 40.0 Å². The third-order valence-corrected chi connectivity index (χ3v) is 3.37. The lowest BCUT2D eigenvalue weighted by Crippen LogP contribution is -2.25. The smallest absolute Gasteiger partial charge is 0.122 e. The first-order valence-corrected chi connectivity index (χ1v) is 6.05. The fraction of sp³-hybridized carbons (Fsp3) is 0.643. The standard InChI is InChI=1S/C14H22O3/c1-10-8-11(4-5-13(10)17)14(2,3)9-12(16)6-7-15/h4,7-8,12-13,16-17H,5-6,9H2,1-3H3. The number of hydrogen-bond donors (Lipinski definition) is 2. The zero-order chi connectivity index (χ0) is 13.1. The third kappa shape index (κ3) is 3.79. The molecular formula is C14H22O3. The van der Waals surface area contributed by atoms with Gasteiger partial charge in [0.2, 0.25) is 0 Å². The summed E-state index contributed by atoms with van der Waals surface area (Å²) in [5, 5.41) is 19.3. The molecule has 2 unspecified atom stereocenters. The summed E-state index contributed by atoms with van der Waals surface area (Å²) in [7, 11) is 0. The molecule has 3 heteroatoms. The van der Waals surface area contributed by atoms with E-state index < -0.39 is 6.10 Å². The fourth-order valence-electron chi connectivity index (χ4n) is 2.20. The molecule has 0 fully saturated rings. The summed E-state index contributed by atoms with van der Waals surface area (Å²) in [4.78, 5) is 10.4. The predicted octanol–water partition coefficient (Wildman–Crippen LogP) is 1.99. The molecule has 17 heavy (non-hydrogen) atoms. The van der Waals surface area contributed by atoms with Crippen LogP contribution in [-0.4, -0.2) is 28.7 Å². The minimum atomic E-state index is -0.594. The van der Waals surface area contributed by atoms with E-state index in [9.17, 15) is 15.0 Å². The van der Waals surface area contributed by atoms with Gasteiger partial charge in [-0.15, -0.1) is 0 Å². The van der Waals surface area contributed by atoms with Gasteiger partial charge in [0.1, 0.15) is 6.29 Å². The fourth-order valence-corrected chi connectivity index (χ4v) is 2.20. The van der Waals surface area contributed by atoms with Crippen molar-refractivity contribution in [3.63, 3.8) is 0 Å². The van der Waals surface area contributed by atoms with E-state index in [2.05, 4.69) is 0 Å². The van der Waals surface area contributed by atoms with Crippen LogP contribution in [-0.2, 0) is 4.79 Å². The predicted molar refractivity (Wildman–Crippen MR) is 67.5 cm³/mol. The largest absolute Gasteiger partial charge is 0.393 e. The van der Waals surface area contributed by atoms with Gasteiger partial charge in [0.05, 0.1) is 12.2 Å². The average molecular weight is 238 g/mol. The molecule has 1 aliphatic carbocycles. The van der Waals surface area contributed by atoms with Crippen LogP contribution in [0.3, 0.4) is 0 Å². The van der Waals surface area contributed by atoms with Crippen LogP contribution < -0.4 is 0 Å². The first-order chi connectivity index (χ1) is 7.86. The van der Waals surface area contributed by atoms with Gasteiger partial charge in [0, 0.05) is 6.42 Å². The van der Waals surface area contributed by atoms with Gasteiger partial charge in [-0.05, 0) is 36.3 Å². The zero-order valence-electron chi connectivity index (χ0n) is 10.8. The van der Waals surface area contributed by atoms with Crippen molar-refractivity contribution < 1.29 is 15.0 Å². The van der Waals surface area contributed by atoms with Crippen molar-refractivity contribution in [3.8, 4) is 0 Å². The molecule has 2 atom stereocenters. The molecule has 0 spiro atoms. The number of hydrogen-bond acceptors (Lipinski definition) is 3. The molecule has 0 saturated heterocycles. The second kappa shape index (κ2) is 5.61. The van der Waals surface area contributed by atoms with Crippen molar-refractivity contribution in [2.24, 2.45) is 5.41 Å². The number of allylic oxidation sites excluding steroid dienone is 2. The molecule has 1 rings (SSSR count). The van der Waals surface area contributed by atoms with Gasteiger partial charge in [0.25, 0.3) is 0 Å². The maximum atomic E-state index is 10.4. The zero-order valence-corrected chi connectivity index (χ0v) is 10.8. The molecule has 0 amide bonds. The Hall–Kier alpha value is -0.930. The van der Waals surface area contributed by atoms with Crippen LogP contribution in [0.2, 0.25) is 0 Å². The molecule has 0 bridgehead atoms. The Morgan fingerprint density at radius 1 is 1.59 bits per heavy atom. The molecule has 0 aromatic heterocycles.